The van der Waals surface area contributed by atoms with Crippen LogP contribution in [0, 0.1) is 5.92 Å². The van der Waals surface area contributed by atoms with E-state index in [2.05, 4.69) is 26.1 Å². The summed E-state index contributed by atoms with van der Waals surface area (Å²) in [4.78, 5) is 0. The standard InChI is InChI=1S/C13H27NO2/c1-4-14-12(7-5-6-11(2)3)13-10-15-8-9-16-13/h11-14H,4-10H2,1-3H3. The molecule has 0 aromatic carbocycles. The lowest BCUT2D eigenvalue weighted by Crippen LogP contribution is -2.46. The van der Waals surface area contributed by atoms with Crippen molar-refractivity contribution >= 4 is 0 Å². The van der Waals surface area contributed by atoms with Gasteiger partial charge in [0.05, 0.1) is 25.9 Å². The van der Waals surface area contributed by atoms with E-state index in [9.17, 15) is 0 Å². The fourth-order valence-electron chi connectivity index (χ4n) is 2.17. The number of hydrogen-bond donors (Lipinski definition) is 1. The Morgan fingerprint density at radius 2 is 2.06 bits per heavy atom. The van der Waals surface area contributed by atoms with E-state index < -0.39 is 0 Å². The van der Waals surface area contributed by atoms with Crippen LogP contribution in [-0.4, -0.2) is 38.5 Å². The summed E-state index contributed by atoms with van der Waals surface area (Å²) in [6, 6.07) is 0.462. The molecule has 0 aliphatic carbocycles. The van der Waals surface area contributed by atoms with Crippen molar-refractivity contribution in [3.63, 3.8) is 0 Å². The first-order valence-electron chi connectivity index (χ1n) is 6.66. The third kappa shape index (κ3) is 5.28. The molecule has 1 aliphatic rings. The average Bonchev–Trinajstić information content (AvgIpc) is 2.29. The van der Waals surface area contributed by atoms with Gasteiger partial charge >= 0.3 is 0 Å². The highest BCUT2D eigenvalue weighted by molar-refractivity contribution is 4.78. The van der Waals surface area contributed by atoms with Gasteiger partial charge in [0.1, 0.15) is 0 Å². The summed E-state index contributed by atoms with van der Waals surface area (Å²) in [5.74, 6) is 0.797. The lowest BCUT2D eigenvalue weighted by Gasteiger charge is -2.31. The number of hydrogen-bond acceptors (Lipinski definition) is 3. The molecule has 0 amide bonds. The van der Waals surface area contributed by atoms with Crippen molar-refractivity contribution in [3.05, 3.63) is 0 Å². The van der Waals surface area contributed by atoms with Crippen LogP contribution in [0.25, 0.3) is 0 Å². The Labute approximate surface area is 99.9 Å². The maximum absolute atomic E-state index is 5.76. The Hall–Kier alpha value is -0.120. The highest BCUT2D eigenvalue weighted by Gasteiger charge is 2.23. The van der Waals surface area contributed by atoms with Gasteiger partial charge in [-0.2, -0.15) is 0 Å². The zero-order valence-electron chi connectivity index (χ0n) is 11.0. The van der Waals surface area contributed by atoms with Crippen LogP contribution in [0.5, 0.6) is 0 Å². The quantitative estimate of drug-likeness (QED) is 0.726. The number of likely N-dealkylation sites (N-methyl/N-ethyl adjacent to an activating group) is 1. The molecular weight excluding hydrogens is 202 g/mol. The van der Waals surface area contributed by atoms with Gasteiger partial charge in [0.15, 0.2) is 0 Å². The van der Waals surface area contributed by atoms with E-state index in [1.807, 2.05) is 0 Å². The normalized spacial score (nSPS) is 23.6. The maximum Gasteiger partial charge on any atom is 0.0962 e. The Morgan fingerprint density at radius 3 is 2.62 bits per heavy atom. The van der Waals surface area contributed by atoms with Gasteiger partial charge in [0.2, 0.25) is 0 Å². The van der Waals surface area contributed by atoms with Crippen LogP contribution in [-0.2, 0) is 9.47 Å². The molecule has 16 heavy (non-hydrogen) atoms. The van der Waals surface area contributed by atoms with Crippen molar-refractivity contribution < 1.29 is 9.47 Å². The molecule has 0 radical (unpaired) electrons. The van der Waals surface area contributed by atoms with E-state index in [4.69, 9.17) is 9.47 Å². The van der Waals surface area contributed by atoms with Crippen molar-refractivity contribution in [2.45, 2.75) is 52.2 Å². The van der Waals surface area contributed by atoms with Crippen LogP contribution in [0.2, 0.25) is 0 Å². The van der Waals surface area contributed by atoms with Crippen molar-refractivity contribution in [2.24, 2.45) is 5.92 Å². The molecule has 0 saturated carbocycles. The Bertz CT molecular complexity index is 167. The molecule has 0 aromatic rings. The lowest BCUT2D eigenvalue weighted by molar-refractivity contribution is -0.102. The number of nitrogens with one attached hydrogen (secondary N) is 1. The Morgan fingerprint density at radius 1 is 1.25 bits per heavy atom. The predicted molar refractivity (Wildman–Crippen MR) is 66.7 cm³/mol. The number of rotatable bonds is 7. The van der Waals surface area contributed by atoms with E-state index >= 15 is 0 Å². The second kappa shape index (κ2) is 8.04. The van der Waals surface area contributed by atoms with Gasteiger partial charge in [0.25, 0.3) is 0 Å². The Kier molecular flexibility index (Phi) is 7.01. The molecule has 1 rings (SSSR count). The molecule has 1 aliphatic heterocycles. The molecule has 0 spiro atoms. The average molecular weight is 229 g/mol. The molecule has 0 bridgehead atoms. The minimum atomic E-state index is 0.251. The van der Waals surface area contributed by atoms with Gasteiger partial charge in [-0.1, -0.05) is 33.6 Å². The summed E-state index contributed by atoms with van der Waals surface area (Å²) in [7, 11) is 0. The minimum Gasteiger partial charge on any atom is -0.376 e. The SMILES string of the molecule is CCNC(CCCC(C)C)C1COCCO1. The molecule has 1 fully saturated rings. The lowest BCUT2D eigenvalue weighted by atomic mass is 9.99. The second-order valence-electron chi connectivity index (χ2n) is 4.97. The van der Waals surface area contributed by atoms with E-state index in [1.165, 1.54) is 19.3 Å². The second-order valence-corrected chi connectivity index (χ2v) is 4.97. The first-order valence-corrected chi connectivity index (χ1v) is 6.66. The summed E-state index contributed by atoms with van der Waals surface area (Å²) in [6.45, 7) is 9.97. The van der Waals surface area contributed by atoms with Gasteiger partial charge in [-0.05, 0) is 18.9 Å². The van der Waals surface area contributed by atoms with Crippen LogP contribution in [0.15, 0.2) is 0 Å². The van der Waals surface area contributed by atoms with Crippen LogP contribution in [0.1, 0.15) is 40.0 Å². The topological polar surface area (TPSA) is 30.5 Å². The van der Waals surface area contributed by atoms with Gasteiger partial charge in [-0.15, -0.1) is 0 Å². The third-order valence-electron chi connectivity index (χ3n) is 3.05. The molecule has 1 N–H and O–H groups in total. The molecule has 1 heterocycles. The van der Waals surface area contributed by atoms with Crippen LogP contribution < -0.4 is 5.32 Å². The van der Waals surface area contributed by atoms with E-state index in [-0.39, 0.29) is 6.10 Å². The molecule has 3 heteroatoms. The van der Waals surface area contributed by atoms with Crippen LogP contribution in [0.3, 0.4) is 0 Å². The van der Waals surface area contributed by atoms with E-state index in [0.717, 1.165) is 32.3 Å². The summed E-state index contributed by atoms with van der Waals surface area (Å²) in [5, 5.41) is 3.52. The van der Waals surface area contributed by atoms with E-state index in [0.29, 0.717) is 6.04 Å². The highest BCUT2D eigenvalue weighted by atomic mass is 16.6. The molecule has 1 saturated heterocycles. The summed E-state index contributed by atoms with van der Waals surface area (Å²) in [6.07, 6.45) is 4.02. The molecule has 96 valence electrons. The minimum absolute atomic E-state index is 0.251. The van der Waals surface area contributed by atoms with Crippen molar-refractivity contribution in [1.29, 1.82) is 0 Å². The van der Waals surface area contributed by atoms with Gasteiger partial charge < -0.3 is 14.8 Å². The zero-order chi connectivity index (χ0) is 11.8. The van der Waals surface area contributed by atoms with Crippen LogP contribution >= 0.6 is 0 Å². The van der Waals surface area contributed by atoms with Crippen LogP contribution in [0.4, 0.5) is 0 Å². The van der Waals surface area contributed by atoms with Crippen molar-refractivity contribution in [3.8, 4) is 0 Å². The first kappa shape index (κ1) is 13.9. The van der Waals surface area contributed by atoms with Crippen molar-refractivity contribution in [1.82, 2.24) is 5.32 Å². The van der Waals surface area contributed by atoms with Gasteiger partial charge in [-0.25, -0.2) is 0 Å². The summed E-state index contributed by atoms with van der Waals surface area (Å²) >= 11 is 0. The largest absolute Gasteiger partial charge is 0.376 e. The number of ether oxygens (including phenoxy) is 2. The fraction of sp³-hybridized carbons (Fsp3) is 1.00. The van der Waals surface area contributed by atoms with Gasteiger partial charge in [-0.3, -0.25) is 0 Å². The fourth-order valence-corrected chi connectivity index (χ4v) is 2.17. The Balaban J connectivity index is 2.27. The molecule has 0 aromatic heterocycles. The first-order chi connectivity index (χ1) is 7.74. The van der Waals surface area contributed by atoms with Crippen molar-refractivity contribution in [2.75, 3.05) is 26.4 Å². The molecular formula is C13H27NO2. The predicted octanol–water partition coefficient (Wildman–Crippen LogP) is 2.21. The summed E-state index contributed by atoms with van der Waals surface area (Å²) < 4.78 is 11.2. The van der Waals surface area contributed by atoms with E-state index in [1.54, 1.807) is 0 Å². The maximum atomic E-state index is 5.76. The highest BCUT2D eigenvalue weighted by Crippen LogP contribution is 2.14. The molecule has 2 unspecified atom stereocenters. The molecule has 3 nitrogen and oxygen atoms in total. The zero-order valence-corrected chi connectivity index (χ0v) is 11.0. The molecule has 2 atom stereocenters. The summed E-state index contributed by atoms with van der Waals surface area (Å²) in [5.41, 5.74) is 0. The smallest absolute Gasteiger partial charge is 0.0962 e. The van der Waals surface area contributed by atoms with Gasteiger partial charge in [0, 0.05) is 6.04 Å². The monoisotopic (exact) mass is 229 g/mol. The third-order valence-corrected chi connectivity index (χ3v) is 3.05.